The van der Waals surface area contributed by atoms with Crippen LogP contribution in [0.15, 0.2) is 6.33 Å². The second kappa shape index (κ2) is 3.82. The first-order valence-corrected chi connectivity index (χ1v) is 5.41. The molecule has 1 heterocycles. The first-order chi connectivity index (χ1) is 7.05. The van der Waals surface area contributed by atoms with E-state index in [1.807, 2.05) is 41.5 Å². The summed E-state index contributed by atoms with van der Waals surface area (Å²) >= 11 is 0. The van der Waals surface area contributed by atoms with Gasteiger partial charge in [0.2, 0.25) is 0 Å². The summed E-state index contributed by atoms with van der Waals surface area (Å²) in [7, 11) is 0. The number of halogens is 2. The minimum absolute atomic E-state index is 0.219. The normalized spacial score (nSPS) is 13.6. The molecule has 0 aromatic carbocycles. The third-order valence-corrected chi connectivity index (χ3v) is 2.42. The Bertz CT molecular complexity index is 367. The van der Waals surface area contributed by atoms with Gasteiger partial charge in [0, 0.05) is 10.8 Å². The molecule has 1 aromatic rings. The fraction of sp³-hybridized carbons (Fsp3) is 0.750. The van der Waals surface area contributed by atoms with Gasteiger partial charge in [-0.3, -0.25) is 4.57 Å². The number of aromatic nitrogens is 2. The minimum atomic E-state index is -2.53. The quantitative estimate of drug-likeness (QED) is 0.716. The molecule has 1 rings (SSSR count). The van der Waals surface area contributed by atoms with E-state index in [4.69, 9.17) is 0 Å². The molecule has 0 atom stereocenters. The lowest BCUT2D eigenvalue weighted by atomic mass is 9.82. The molecule has 2 nitrogen and oxygen atoms in total. The zero-order chi connectivity index (χ0) is 12.7. The van der Waals surface area contributed by atoms with E-state index in [1.54, 1.807) is 0 Å². The topological polar surface area (TPSA) is 17.8 Å². The van der Waals surface area contributed by atoms with Gasteiger partial charge in [0.25, 0.3) is 0 Å². The fourth-order valence-electron chi connectivity index (χ4n) is 1.80. The third-order valence-electron chi connectivity index (χ3n) is 2.42. The molecular formula is C12H20F2N2. The molecule has 0 amide bonds. The van der Waals surface area contributed by atoms with Gasteiger partial charge in [-0.2, -0.15) is 8.78 Å². The smallest absolute Gasteiger partial charge is 0.276 e. The van der Waals surface area contributed by atoms with Crippen molar-refractivity contribution in [2.75, 3.05) is 0 Å². The molecule has 0 aliphatic heterocycles. The highest BCUT2D eigenvalue weighted by atomic mass is 19.3. The van der Waals surface area contributed by atoms with Crippen LogP contribution in [0, 0.1) is 0 Å². The van der Waals surface area contributed by atoms with Crippen molar-refractivity contribution in [3.63, 3.8) is 0 Å². The van der Waals surface area contributed by atoms with Crippen molar-refractivity contribution in [2.45, 2.75) is 58.9 Å². The summed E-state index contributed by atoms with van der Waals surface area (Å²) < 4.78 is 26.7. The van der Waals surface area contributed by atoms with E-state index in [0.717, 1.165) is 10.3 Å². The lowest BCUT2D eigenvalue weighted by Crippen LogP contribution is -2.25. The largest absolute Gasteiger partial charge is 0.319 e. The Balaban J connectivity index is 3.44. The van der Waals surface area contributed by atoms with E-state index < -0.39 is 6.55 Å². The van der Waals surface area contributed by atoms with Crippen molar-refractivity contribution >= 4 is 0 Å². The van der Waals surface area contributed by atoms with Crippen molar-refractivity contribution in [3.05, 3.63) is 17.7 Å². The molecule has 0 bridgehead atoms. The maximum Gasteiger partial charge on any atom is 0.319 e. The van der Waals surface area contributed by atoms with Crippen LogP contribution in [0.4, 0.5) is 8.78 Å². The molecule has 0 fully saturated rings. The molecule has 0 radical (unpaired) electrons. The molecule has 0 aliphatic carbocycles. The van der Waals surface area contributed by atoms with E-state index in [9.17, 15) is 8.78 Å². The Morgan fingerprint density at radius 2 is 1.56 bits per heavy atom. The standard InChI is InChI=1S/C12H20F2N2/c1-11(2,3)8-9(12(4,5)6)16(7-15-8)10(13)14/h7,10H,1-6H3. The van der Waals surface area contributed by atoms with Gasteiger partial charge in [-0.15, -0.1) is 0 Å². The van der Waals surface area contributed by atoms with Crippen LogP contribution in [0.1, 0.15) is 59.5 Å². The van der Waals surface area contributed by atoms with Crippen molar-refractivity contribution < 1.29 is 8.78 Å². The van der Waals surface area contributed by atoms with Crippen molar-refractivity contribution in [1.82, 2.24) is 9.55 Å². The summed E-state index contributed by atoms with van der Waals surface area (Å²) in [5, 5.41) is 0. The second-order valence-electron chi connectivity index (χ2n) is 6.13. The summed E-state index contributed by atoms with van der Waals surface area (Å²) in [6.45, 7) is 9.22. The van der Waals surface area contributed by atoms with Gasteiger partial charge in [-0.1, -0.05) is 41.5 Å². The monoisotopic (exact) mass is 230 g/mol. The third kappa shape index (κ3) is 2.42. The molecule has 1 aromatic heterocycles. The van der Waals surface area contributed by atoms with E-state index >= 15 is 0 Å². The van der Waals surface area contributed by atoms with Crippen LogP contribution in [-0.4, -0.2) is 9.55 Å². The number of nitrogens with zero attached hydrogens (tertiary/aromatic N) is 2. The SMILES string of the molecule is CC(C)(C)c1ncn(C(F)F)c1C(C)(C)C. The second-order valence-corrected chi connectivity index (χ2v) is 6.13. The van der Waals surface area contributed by atoms with Gasteiger partial charge in [-0.05, 0) is 0 Å². The van der Waals surface area contributed by atoms with E-state index in [0.29, 0.717) is 5.69 Å². The lowest BCUT2D eigenvalue weighted by Gasteiger charge is -2.27. The van der Waals surface area contributed by atoms with Crippen LogP contribution < -0.4 is 0 Å². The van der Waals surface area contributed by atoms with Crippen LogP contribution in [0.2, 0.25) is 0 Å². The summed E-state index contributed by atoms with van der Waals surface area (Å²) in [5.41, 5.74) is 0.813. The average molecular weight is 230 g/mol. The number of alkyl halides is 2. The highest BCUT2D eigenvalue weighted by molar-refractivity contribution is 5.27. The molecule has 92 valence electrons. The van der Waals surface area contributed by atoms with E-state index in [2.05, 4.69) is 4.98 Å². The Kier molecular flexibility index (Phi) is 3.14. The Morgan fingerprint density at radius 1 is 1.06 bits per heavy atom. The Morgan fingerprint density at radius 3 is 1.88 bits per heavy atom. The molecule has 0 unspecified atom stereocenters. The summed E-state index contributed by atoms with van der Waals surface area (Å²) in [5.74, 6) is 0. The Labute approximate surface area is 95.7 Å². The van der Waals surface area contributed by atoms with Gasteiger partial charge >= 0.3 is 6.55 Å². The highest BCUT2D eigenvalue weighted by Gasteiger charge is 2.32. The molecule has 0 spiro atoms. The number of imidazole rings is 1. The minimum Gasteiger partial charge on any atom is -0.276 e. The Hall–Kier alpha value is -0.930. The molecule has 0 aliphatic rings. The molecule has 4 heteroatoms. The van der Waals surface area contributed by atoms with Crippen molar-refractivity contribution in [1.29, 1.82) is 0 Å². The first-order valence-electron chi connectivity index (χ1n) is 5.41. The van der Waals surface area contributed by atoms with Gasteiger partial charge in [0.15, 0.2) is 0 Å². The van der Waals surface area contributed by atoms with Gasteiger partial charge < -0.3 is 0 Å². The van der Waals surface area contributed by atoms with Gasteiger partial charge in [0.05, 0.1) is 17.7 Å². The summed E-state index contributed by atoms with van der Waals surface area (Å²) in [4.78, 5) is 4.16. The lowest BCUT2D eigenvalue weighted by molar-refractivity contribution is 0.0641. The molecule has 0 saturated heterocycles. The molecular weight excluding hydrogens is 210 g/mol. The predicted molar refractivity (Wildman–Crippen MR) is 60.9 cm³/mol. The molecule has 0 saturated carbocycles. The first kappa shape index (κ1) is 13.1. The highest BCUT2D eigenvalue weighted by Crippen LogP contribution is 2.34. The number of rotatable bonds is 1. The van der Waals surface area contributed by atoms with Crippen LogP contribution in [0.3, 0.4) is 0 Å². The fourth-order valence-corrected chi connectivity index (χ4v) is 1.80. The van der Waals surface area contributed by atoms with Crippen molar-refractivity contribution in [2.24, 2.45) is 0 Å². The average Bonchev–Trinajstić information content (AvgIpc) is 2.43. The van der Waals surface area contributed by atoms with Gasteiger partial charge in [-0.25, -0.2) is 4.98 Å². The van der Waals surface area contributed by atoms with Crippen molar-refractivity contribution in [3.8, 4) is 0 Å². The summed E-state index contributed by atoms with van der Waals surface area (Å²) in [6, 6.07) is 0. The van der Waals surface area contributed by atoms with E-state index in [-0.39, 0.29) is 10.8 Å². The van der Waals surface area contributed by atoms with Crippen LogP contribution >= 0.6 is 0 Å². The van der Waals surface area contributed by atoms with Crippen LogP contribution in [0.25, 0.3) is 0 Å². The number of hydrogen-bond donors (Lipinski definition) is 0. The molecule has 16 heavy (non-hydrogen) atoms. The zero-order valence-electron chi connectivity index (χ0n) is 10.8. The predicted octanol–water partition coefficient (Wildman–Crippen LogP) is 3.87. The maximum absolute atomic E-state index is 12.9. The zero-order valence-corrected chi connectivity index (χ0v) is 10.8. The molecule has 0 N–H and O–H groups in total. The van der Waals surface area contributed by atoms with Crippen LogP contribution in [0.5, 0.6) is 0 Å². The summed E-state index contributed by atoms with van der Waals surface area (Å²) in [6.07, 6.45) is 1.24. The van der Waals surface area contributed by atoms with E-state index in [1.165, 1.54) is 6.33 Å². The van der Waals surface area contributed by atoms with Crippen LogP contribution in [-0.2, 0) is 10.8 Å². The van der Waals surface area contributed by atoms with Gasteiger partial charge in [0.1, 0.15) is 0 Å². The number of hydrogen-bond acceptors (Lipinski definition) is 1. The maximum atomic E-state index is 12.9.